The van der Waals surface area contributed by atoms with Gasteiger partial charge in [0.25, 0.3) is 0 Å². The molecule has 7 nitrogen and oxygen atoms in total. The van der Waals surface area contributed by atoms with Gasteiger partial charge in [0.05, 0.1) is 20.3 Å². The molecule has 156 valence electrons. The van der Waals surface area contributed by atoms with Gasteiger partial charge in [-0.2, -0.15) is 0 Å². The van der Waals surface area contributed by atoms with Crippen molar-refractivity contribution in [3.63, 3.8) is 0 Å². The number of hydrogen-bond acceptors (Lipinski definition) is 5. The van der Waals surface area contributed by atoms with Gasteiger partial charge in [-0.05, 0) is 30.5 Å². The van der Waals surface area contributed by atoms with Crippen molar-refractivity contribution in [2.45, 2.75) is 26.4 Å². The highest BCUT2D eigenvalue weighted by molar-refractivity contribution is 5.79. The van der Waals surface area contributed by atoms with Crippen molar-refractivity contribution >= 4 is 5.96 Å². The third kappa shape index (κ3) is 6.35. The van der Waals surface area contributed by atoms with Gasteiger partial charge in [-0.25, -0.2) is 4.98 Å². The fourth-order valence-electron chi connectivity index (χ4n) is 3.09. The average Bonchev–Trinajstić information content (AvgIpc) is 3.27. The van der Waals surface area contributed by atoms with Crippen LogP contribution >= 0.6 is 0 Å². The van der Waals surface area contributed by atoms with Gasteiger partial charge in [0.1, 0.15) is 5.75 Å². The van der Waals surface area contributed by atoms with E-state index in [0.29, 0.717) is 31.5 Å². The highest BCUT2D eigenvalue weighted by atomic mass is 16.5. The minimum Gasteiger partial charge on any atom is -0.493 e. The summed E-state index contributed by atoms with van der Waals surface area (Å²) >= 11 is 0. The lowest BCUT2D eigenvalue weighted by Gasteiger charge is -2.17. The first kappa shape index (κ1) is 20.9. The number of methoxy groups -OCH3 is 1. The van der Waals surface area contributed by atoms with Crippen LogP contribution in [0.1, 0.15) is 23.1 Å². The van der Waals surface area contributed by atoms with Crippen LogP contribution in [0.4, 0.5) is 0 Å². The zero-order chi connectivity index (χ0) is 20.5. The fourth-order valence-corrected chi connectivity index (χ4v) is 3.09. The van der Waals surface area contributed by atoms with Gasteiger partial charge < -0.3 is 24.8 Å². The van der Waals surface area contributed by atoms with Gasteiger partial charge in [0, 0.05) is 50.5 Å². The summed E-state index contributed by atoms with van der Waals surface area (Å²) in [4.78, 5) is 8.52. The van der Waals surface area contributed by atoms with Gasteiger partial charge in [-0.3, -0.25) is 4.99 Å². The lowest BCUT2D eigenvalue weighted by Crippen LogP contribution is -2.36. The Hall–Kier alpha value is -2.80. The minimum absolute atomic E-state index is 0.476. The lowest BCUT2D eigenvalue weighted by molar-refractivity contribution is 0.166. The first-order valence-electron chi connectivity index (χ1n) is 9.91. The molecule has 1 aliphatic heterocycles. The number of nitrogens with zero attached hydrogens (tertiary/aromatic N) is 2. The van der Waals surface area contributed by atoms with E-state index in [-0.39, 0.29) is 0 Å². The second-order valence-electron chi connectivity index (χ2n) is 7.14. The first-order valence-corrected chi connectivity index (χ1v) is 9.91. The maximum Gasteiger partial charge on any atom is 0.212 e. The second kappa shape index (κ2) is 10.7. The number of ether oxygens (including phenoxy) is 3. The van der Waals surface area contributed by atoms with E-state index in [9.17, 15) is 0 Å². The summed E-state index contributed by atoms with van der Waals surface area (Å²) in [6, 6.07) is 10.1. The monoisotopic (exact) mass is 398 g/mol. The van der Waals surface area contributed by atoms with Crippen molar-refractivity contribution in [3.05, 3.63) is 53.2 Å². The molecule has 29 heavy (non-hydrogen) atoms. The van der Waals surface area contributed by atoms with E-state index in [1.165, 1.54) is 5.56 Å². The van der Waals surface area contributed by atoms with Crippen LogP contribution in [-0.4, -0.2) is 44.9 Å². The summed E-state index contributed by atoms with van der Waals surface area (Å²) in [5.74, 6) is 2.71. The molecule has 2 aromatic rings. The highest BCUT2D eigenvalue weighted by Gasteiger charge is 2.17. The smallest absolute Gasteiger partial charge is 0.212 e. The van der Waals surface area contributed by atoms with Crippen LogP contribution in [0.2, 0.25) is 0 Å². The lowest BCUT2D eigenvalue weighted by atomic mass is 10.1. The summed E-state index contributed by atoms with van der Waals surface area (Å²) in [6.07, 6.45) is 2.86. The van der Waals surface area contributed by atoms with E-state index >= 15 is 0 Å². The molecule has 1 saturated heterocycles. The van der Waals surface area contributed by atoms with E-state index in [2.05, 4.69) is 45.7 Å². The molecular weight excluding hydrogens is 368 g/mol. The minimum atomic E-state index is 0.476. The molecular formula is C22H30N4O3. The van der Waals surface area contributed by atoms with Crippen LogP contribution in [0.5, 0.6) is 11.6 Å². The standard InChI is InChI=1S/C22H30N4O3/c1-16-4-6-19(20(10-16)29-15-18-8-9-28-14-18)13-26-22(23-2)25-12-17-5-7-21(27-3)24-11-17/h4-7,10-11,18H,8-9,12-15H2,1-3H3,(H2,23,25,26). The molecule has 0 bridgehead atoms. The Labute approximate surface area is 172 Å². The fraction of sp³-hybridized carbons (Fsp3) is 0.455. The number of aliphatic imine (C=N–C) groups is 1. The maximum atomic E-state index is 6.12. The summed E-state index contributed by atoms with van der Waals surface area (Å²) in [5.41, 5.74) is 3.33. The van der Waals surface area contributed by atoms with Gasteiger partial charge in [0.2, 0.25) is 5.88 Å². The second-order valence-corrected chi connectivity index (χ2v) is 7.14. The third-order valence-corrected chi connectivity index (χ3v) is 4.86. The Balaban J connectivity index is 1.53. The average molecular weight is 399 g/mol. The van der Waals surface area contributed by atoms with Crippen LogP contribution in [0.15, 0.2) is 41.5 Å². The van der Waals surface area contributed by atoms with Gasteiger partial charge >= 0.3 is 0 Å². The van der Waals surface area contributed by atoms with Gasteiger partial charge in [-0.15, -0.1) is 0 Å². The van der Waals surface area contributed by atoms with E-state index in [0.717, 1.165) is 42.5 Å². The van der Waals surface area contributed by atoms with Crippen molar-refractivity contribution in [2.24, 2.45) is 10.9 Å². The molecule has 0 aliphatic carbocycles. The topological polar surface area (TPSA) is 77.0 Å². The number of guanidine groups is 1. The molecule has 2 heterocycles. The van der Waals surface area contributed by atoms with E-state index < -0.39 is 0 Å². The predicted octanol–water partition coefficient (Wildman–Crippen LogP) is 2.68. The molecule has 1 fully saturated rings. The Morgan fingerprint density at radius 3 is 2.79 bits per heavy atom. The molecule has 0 spiro atoms. The summed E-state index contributed by atoms with van der Waals surface area (Å²) in [5, 5.41) is 6.66. The van der Waals surface area contributed by atoms with Crippen molar-refractivity contribution in [2.75, 3.05) is 34.0 Å². The maximum absolute atomic E-state index is 6.12. The Kier molecular flexibility index (Phi) is 7.69. The molecule has 1 aromatic heterocycles. The SMILES string of the molecule is CN=C(NCc1ccc(OC)nc1)NCc1ccc(C)cc1OCC1CCOC1. The molecule has 3 rings (SSSR count). The zero-order valence-electron chi connectivity index (χ0n) is 17.4. The Morgan fingerprint density at radius 1 is 1.24 bits per heavy atom. The first-order chi connectivity index (χ1) is 14.2. The quantitative estimate of drug-likeness (QED) is 0.526. The third-order valence-electron chi connectivity index (χ3n) is 4.86. The van der Waals surface area contributed by atoms with Crippen molar-refractivity contribution in [1.29, 1.82) is 0 Å². The number of nitrogens with one attached hydrogen (secondary N) is 2. The molecule has 1 aromatic carbocycles. The highest BCUT2D eigenvalue weighted by Crippen LogP contribution is 2.22. The summed E-state index contributed by atoms with van der Waals surface area (Å²) in [7, 11) is 3.37. The number of aromatic nitrogens is 1. The Morgan fingerprint density at radius 2 is 2.10 bits per heavy atom. The van der Waals surface area contributed by atoms with E-state index in [1.807, 2.05) is 12.1 Å². The molecule has 1 aliphatic rings. The van der Waals surface area contributed by atoms with Crippen LogP contribution in [0.25, 0.3) is 0 Å². The number of hydrogen-bond donors (Lipinski definition) is 2. The molecule has 2 N–H and O–H groups in total. The van der Waals surface area contributed by atoms with E-state index in [1.54, 1.807) is 20.4 Å². The van der Waals surface area contributed by atoms with Crippen LogP contribution < -0.4 is 20.1 Å². The molecule has 0 saturated carbocycles. The number of rotatable bonds is 8. The van der Waals surface area contributed by atoms with Crippen molar-refractivity contribution in [1.82, 2.24) is 15.6 Å². The van der Waals surface area contributed by atoms with Crippen LogP contribution in [-0.2, 0) is 17.8 Å². The van der Waals surface area contributed by atoms with Crippen molar-refractivity contribution < 1.29 is 14.2 Å². The van der Waals surface area contributed by atoms with Gasteiger partial charge in [-0.1, -0.05) is 18.2 Å². The Bertz CT molecular complexity index is 802. The van der Waals surface area contributed by atoms with Gasteiger partial charge in [0.15, 0.2) is 5.96 Å². The summed E-state index contributed by atoms with van der Waals surface area (Å²) < 4.78 is 16.6. The molecule has 1 unspecified atom stereocenters. The number of benzene rings is 1. The molecule has 0 amide bonds. The normalized spacial score (nSPS) is 16.5. The van der Waals surface area contributed by atoms with Crippen molar-refractivity contribution in [3.8, 4) is 11.6 Å². The summed E-state index contributed by atoms with van der Waals surface area (Å²) in [6.45, 7) is 5.63. The zero-order valence-corrected chi connectivity index (χ0v) is 17.4. The van der Waals surface area contributed by atoms with Crippen LogP contribution in [0, 0.1) is 12.8 Å². The number of pyridine rings is 1. The largest absolute Gasteiger partial charge is 0.493 e. The molecule has 1 atom stereocenters. The molecule has 0 radical (unpaired) electrons. The van der Waals surface area contributed by atoms with E-state index in [4.69, 9.17) is 14.2 Å². The molecule has 7 heteroatoms. The predicted molar refractivity (Wildman–Crippen MR) is 113 cm³/mol. The number of aryl methyl sites for hydroxylation is 1. The van der Waals surface area contributed by atoms with Crippen LogP contribution in [0.3, 0.4) is 0 Å².